The van der Waals surface area contributed by atoms with Gasteiger partial charge in [0.2, 0.25) is 0 Å². The van der Waals surface area contributed by atoms with Crippen LogP contribution in [0.4, 0.5) is 18.9 Å². The monoisotopic (exact) mass is 330 g/mol. The number of rotatable bonds is 5. The van der Waals surface area contributed by atoms with E-state index in [4.69, 9.17) is 10.5 Å². The summed E-state index contributed by atoms with van der Waals surface area (Å²) in [5.74, 6) is -0.704. The predicted octanol–water partition coefficient (Wildman–Crippen LogP) is 3.07. The Kier molecular flexibility index (Phi) is 6.71. The van der Waals surface area contributed by atoms with Crippen molar-refractivity contribution < 1.29 is 27.9 Å². The molecule has 0 bridgehead atoms. The number of phenolic OH excluding ortho intramolecular Hbond substituents is 1. The Hall–Kier alpha value is -1.74. The zero-order chi connectivity index (χ0) is 15.5. The van der Waals surface area contributed by atoms with Gasteiger partial charge < -0.3 is 15.6 Å². The van der Waals surface area contributed by atoms with Gasteiger partial charge >= 0.3 is 6.18 Å². The summed E-state index contributed by atoms with van der Waals surface area (Å²) in [5, 5.41) is 20.5. The molecule has 0 aliphatic rings. The average Bonchev–Trinajstić information content (AvgIpc) is 2.35. The molecule has 6 nitrogen and oxygen atoms in total. The van der Waals surface area contributed by atoms with E-state index in [0.717, 1.165) is 12.1 Å². The maximum atomic E-state index is 12.1. The van der Waals surface area contributed by atoms with Crippen LogP contribution in [0.1, 0.15) is 24.4 Å². The van der Waals surface area contributed by atoms with E-state index in [9.17, 15) is 28.4 Å². The molecule has 1 atom stereocenters. The standard InChI is InChI=1S/C11H13F3N2O4.ClH/c1-20-9-5-6(16(18)19)4-7(10(9)17)8(15)2-3-11(12,13)14;/h4-5,8,17H,2-3,15H2,1H3;1H/t8-;/m1./s1. The van der Waals surface area contributed by atoms with Gasteiger partial charge in [0.1, 0.15) is 0 Å². The molecule has 0 spiro atoms. The maximum Gasteiger partial charge on any atom is 0.389 e. The normalized spacial score (nSPS) is 12.4. The molecule has 0 saturated heterocycles. The lowest BCUT2D eigenvalue weighted by Gasteiger charge is -2.16. The predicted molar refractivity (Wildman–Crippen MR) is 70.8 cm³/mol. The molecular formula is C11H14ClF3N2O4. The molecule has 0 heterocycles. The molecule has 1 rings (SSSR count). The number of hydrogen-bond acceptors (Lipinski definition) is 5. The van der Waals surface area contributed by atoms with Crippen LogP contribution in [-0.2, 0) is 0 Å². The lowest BCUT2D eigenvalue weighted by atomic mass is 10.0. The Morgan fingerprint density at radius 1 is 1.48 bits per heavy atom. The van der Waals surface area contributed by atoms with Crippen LogP contribution in [0.25, 0.3) is 0 Å². The Morgan fingerprint density at radius 3 is 2.48 bits per heavy atom. The van der Waals surface area contributed by atoms with Gasteiger partial charge in [0.15, 0.2) is 11.5 Å². The van der Waals surface area contributed by atoms with Crippen LogP contribution in [0.2, 0.25) is 0 Å². The average molecular weight is 331 g/mol. The minimum absolute atomic E-state index is 0. The highest BCUT2D eigenvalue weighted by Crippen LogP contribution is 2.39. The smallest absolute Gasteiger partial charge is 0.389 e. The van der Waals surface area contributed by atoms with Crippen molar-refractivity contribution in [2.75, 3.05) is 7.11 Å². The van der Waals surface area contributed by atoms with Gasteiger partial charge in [-0.3, -0.25) is 10.1 Å². The molecule has 21 heavy (non-hydrogen) atoms. The number of non-ortho nitro benzene ring substituents is 1. The number of alkyl halides is 3. The number of nitrogens with zero attached hydrogens (tertiary/aromatic N) is 1. The Bertz CT molecular complexity index is 511. The van der Waals surface area contributed by atoms with Gasteiger partial charge in [0, 0.05) is 24.1 Å². The van der Waals surface area contributed by atoms with Crippen LogP contribution < -0.4 is 10.5 Å². The van der Waals surface area contributed by atoms with Gasteiger partial charge in [-0.25, -0.2) is 0 Å². The minimum atomic E-state index is -4.39. The quantitative estimate of drug-likeness (QED) is 0.638. The van der Waals surface area contributed by atoms with Gasteiger partial charge in [0.05, 0.1) is 18.1 Å². The summed E-state index contributed by atoms with van der Waals surface area (Å²) < 4.78 is 41.1. The number of aromatic hydroxyl groups is 1. The van der Waals surface area contributed by atoms with E-state index in [0.29, 0.717) is 0 Å². The molecule has 0 amide bonds. The molecule has 1 aromatic rings. The molecule has 0 saturated carbocycles. The fourth-order valence-electron chi connectivity index (χ4n) is 1.63. The van der Waals surface area contributed by atoms with Crippen molar-refractivity contribution in [1.82, 2.24) is 0 Å². The Balaban J connectivity index is 0.00000400. The fraction of sp³-hybridized carbons (Fsp3) is 0.455. The number of nitro benzene ring substituents is 1. The number of nitrogens with two attached hydrogens (primary N) is 1. The van der Waals surface area contributed by atoms with E-state index in [1.54, 1.807) is 0 Å². The molecule has 1 aromatic carbocycles. The van der Waals surface area contributed by atoms with Gasteiger partial charge in [-0.15, -0.1) is 12.4 Å². The zero-order valence-electron chi connectivity index (χ0n) is 10.9. The lowest BCUT2D eigenvalue weighted by molar-refractivity contribution is -0.385. The van der Waals surface area contributed by atoms with Gasteiger partial charge in [0.25, 0.3) is 5.69 Å². The third kappa shape index (κ3) is 5.27. The highest BCUT2D eigenvalue weighted by molar-refractivity contribution is 5.85. The number of hydrogen-bond donors (Lipinski definition) is 2. The zero-order valence-corrected chi connectivity index (χ0v) is 11.7. The van der Waals surface area contributed by atoms with E-state index in [2.05, 4.69) is 0 Å². The first-order valence-electron chi connectivity index (χ1n) is 5.53. The lowest BCUT2D eigenvalue weighted by Crippen LogP contribution is -2.16. The van der Waals surface area contributed by atoms with E-state index in [1.807, 2.05) is 0 Å². The van der Waals surface area contributed by atoms with Crippen LogP contribution in [0.5, 0.6) is 11.5 Å². The molecular weight excluding hydrogens is 317 g/mol. The van der Waals surface area contributed by atoms with Crippen molar-refractivity contribution in [2.45, 2.75) is 25.1 Å². The Labute approximate surface area is 124 Å². The summed E-state index contributed by atoms with van der Waals surface area (Å²) in [6, 6.07) is 0.721. The van der Waals surface area contributed by atoms with E-state index in [1.165, 1.54) is 7.11 Å². The van der Waals surface area contributed by atoms with Crippen LogP contribution >= 0.6 is 12.4 Å². The van der Waals surface area contributed by atoms with Crippen molar-refractivity contribution >= 4 is 18.1 Å². The fourth-order valence-corrected chi connectivity index (χ4v) is 1.63. The summed E-state index contributed by atoms with van der Waals surface area (Å²) in [6.45, 7) is 0. The number of methoxy groups -OCH3 is 1. The summed E-state index contributed by atoms with van der Waals surface area (Å²) in [6.07, 6.45) is -6.04. The number of benzene rings is 1. The molecule has 0 aliphatic heterocycles. The van der Waals surface area contributed by atoms with Gasteiger partial charge in [-0.05, 0) is 6.42 Å². The molecule has 120 valence electrons. The first kappa shape index (κ1) is 19.3. The van der Waals surface area contributed by atoms with Crippen LogP contribution in [-0.4, -0.2) is 23.3 Å². The number of halogens is 4. The van der Waals surface area contributed by atoms with Crippen LogP contribution in [0, 0.1) is 10.1 Å². The summed E-state index contributed by atoms with van der Waals surface area (Å²) in [7, 11) is 1.17. The second-order valence-corrected chi connectivity index (χ2v) is 4.10. The minimum Gasteiger partial charge on any atom is -0.504 e. The number of nitro groups is 1. The second kappa shape index (κ2) is 7.32. The summed E-state index contributed by atoms with van der Waals surface area (Å²) in [4.78, 5) is 9.97. The van der Waals surface area contributed by atoms with Crippen molar-refractivity contribution in [3.05, 3.63) is 27.8 Å². The SMILES string of the molecule is COc1cc([N+](=O)[O-])cc([C@H](N)CCC(F)(F)F)c1O.Cl. The second-order valence-electron chi connectivity index (χ2n) is 4.10. The molecule has 3 N–H and O–H groups in total. The third-order valence-electron chi connectivity index (χ3n) is 2.66. The summed E-state index contributed by atoms with van der Waals surface area (Å²) in [5.41, 5.74) is 4.99. The van der Waals surface area contributed by atoms with Gasteiger partial charge in [-0.1, -0.05) is 0 Å². The molecule has 10 heteroatoms. The first-order valence-corrected chi connectivity index (χ1v) is 5.53. The molecule has 0 aromatic heterocycles. The molecule has 0 radical (unpaired) electrons. The van der Waals surface area contributed by atoms with Crippen molar-refractivity contribution in [2.24, 2.45) is 5.73 Å². The number of ether oxygens (including phenoxy) is 1. The maximum absolute atomic E-state index is 12.1. The first-order chi connectivity index (χ1) is 9.15. The molecule has 0 fully saturated rings. The highest BCUT2D eigenvalue weighted by Gasteiger charge is 2.29. The number of phenols is 1. The molecule has 0 aliphatic carbocycles. The van der Waals surface area contributed by atoms with Crippen LogP contribution in [0.3, 0.4) is 0 Å². The highest BCUT2D eigenvalue weighted by atomic mass is 35.5. The van der Waals surface area contributed by atoms with Crippen molar-refractivity contribution in [3.63, 3.8) is 0 Å². The van der Waals surface area contributed by atoms with Crippen LogP contribution in [0.15, 0.2) is 12.1 Å². The van der Waals surface area contributed by atoms with Crippen molar-refractivity contribution in [1.29, 1.82) is 0 Å². The third-order valence-corrected chi connectivity index (χ3v) is 2.66. The van der Waals surface area contributed by atoms with E-state index in [-0.39, 0.29) is 23.7 Å². The van der Waals surface area contributed by atoms with Crippen molar-refractivity contribution in [3.8, 4) is 11.5 Å². The van der Waals surface area contributed by atoms with E-state index < -0.39 is 41.4 Å². The summed E-state index contributed by atoms with van der Waals surface area (Å²) >= 11 is 0. The van der Waals surface area contributed by atoms with Gasteiger partial charge in [-0.2, -0.15) is 13.2 Å². The Morgan fingerprint density at radius 2 is 2.05 bits per heavy atom. The topological polar surface area (TPSA) is 98.6 Å². The molecule has 0 unspecified atom stereocenters. The van der Waals surface area contributed by atoms with E-state index >= 15 is 0 Å². The largest absolute Gasteiger partial charge is 0.504 e.